The van der Waals surface area contributed by atoms with Crippen molar-refractivity contribution in [1.82, 2.24) is 4.31 Å². The van der Waals surface area contributed by atoms with Gasteiger partial charge in [0.1, 0.15) is 11.0 Å². The fraction of sp³-hybridized carbons (Fsp3) is 0.400. The number of Topliss-reactive ketones (excluding diaryl/α,β-unsaturated/α-hetero) is 1. The van der Waals surface area contributed by atoms with Crippen molar-refractivity contribution in [3.63, 3.8) is 0 Å². The number of hydrogen-bond acceptors (Lipinski definition) is 2. The van der Waals surface area contributed by atoms with E-state index in [4.69, 9.17) is 0 Å². The van der Waals surface area contributed by atoms with E-state index < -0.39 is 11.0 Å². The summed E-state index contributed by atoms with van der Waals surface area (Å²) < 4.78 is 14.5. The summed E-state index contributed by atoms with van der Waals surface area (Å²) in [6.45, 7) is 5.32. The highest BCUT2D eigenvalue weighted by Crippen LogP contribution is 2.36. The molecule has 1 saturated heterocycles. The maximum absolute atomic E-state index is 12.5. The average molecular weight is 275 g/mol. The summed E-state index contributed by atoms with van der Waals surface area (Å²) in [4.78, 5) is 12.5. The van der Waals surface area contributed by atoms with E-state index in [-0.39, 0.29) is 5.78 Å². The van der Waals surface area contributed by atoms with E-state index in [2.05, 4.69) is 0 Å². The van der Waals surface area contributed by atoms with Crippen LogP contribution in [0.25, 0.3) is 0 Å². The van der Waals surface area contributed by atoms with Crippen molar-refractivity contribution in [3.05, 3.63) is 41.0 Å². The van der Waals surface area contributed by atoms with E-state index in [9.17, 15) is 9.00 Å². The number of nitrogens with zero attached hydrogens (tertiary/aromatic N) is 1. The van der Waals surface area contributed by atoms with Gasteiger partial charge in [0.25, 0.3) is 0 Å². The lowest BCUT2D eigenvalue weighted by atomic mass is 10.1. The molecule has 1 aromatic rings. The van der Waals surface area contributed by atoms with Crippen LogP contribution in [0.3, 0.4) is 0 Å². The molecule has 1 heterocycles. The molecule has 0 amide bonds. The van der Waals surface area contributed by atoms with E-state index in [1.165, 1.54) is 11.1 Å². The molecule has 0 aromatic heterocycles. The topological polar surface area (TPSA) is 37.4 Å². The molecule has 2 aliphatic rings. The number of ketones is 1. The fourth-order valence-corrected chi connectivity index (χ4v) is 4.08. The maximum Gasteiger partial charge on any atom is 0.159 e. The summed E-state index contributed by atoms with van der Waals surface area (Å²) in [6, 6.07) is 7.81. The summed E-state index contributed by atoms with van der Waals surface area (Å²) in [5, 5.41) is 0. The Kier molecular flexibility index (Phi) is 3.15. The minimum absolute atomic E-state index is 0.265. The molecule has 19 heavy (non-hydrogen) atoms. The Bertz CT molecular complexity index is 589. The minimum atomic E-state index is -1.11. The highest BCUT2D eigenvalue weighted by atomic mass is 32.2. The van der Waals surface area contributed by atoms with Gasteiger partial charge < -0.3 is 0 Å². The molecule has 3 rings (SSSR count). The molecule has 4 heteroatoms. The highest BCUT2D eigenvalue weighted by Gasteiger charge is 2.38. The smallest absolute Gasteiger partial charge is 0.159 e. The predicted octanol–water partition coefficient (Wildman–Crippen LogP) is 2.24. The molecular formula is C15H17NO2S. The zero-order valence-corrected chi connectivity index (χ0v) is 12.0. The molecular weight excluding hydrogens is 258 g/mol. The second-order valence-corrected chi connectivity index (χ2v) is 6.85. The Labute approximate surface area is 115 Å². The van der Waals surface area contributed by atoms with Crippen LogP contribution in [0, 0.1) is 12.8 Å². The van der Waals surface area contributed by atoms with Crippen LogP contribution >= 0.6 is 0 Å². The Morgan fingerprint density at radius 3 is 2.53 bits per heavy atom. The molecule has 100 valence electrons. The number of benzene rings is 1. The SMILES string of the molecule is CC1=C2CN(S(=O)c3ccc(C)cc3)C[C@H]2CC1=O. The van der Waals surface area contributed by atoms with E-state index in [0.717, 1.165) is 17.0 Å². The number of rotatable bonds is 2. The Morgan fingerprint density at radius 2 is 1.89 bits per heavy atom. The zero-order valence-electron chi connectivity index (χ0n) is 11.2. The van der Waals surface area contributed by atoms with Gasteiger partial charge >= 0.3 is 0 Å². The molecule has 2 atom stereocenters. The Hall–Kier alpha value is -1.26. The Morgan fingerprint density at radius 1 is 1.21 bits per heavy atom. The average Bonchev–Trinajstić information content (AvgIpc) is 2.91. The minimum Gasteiger partial charge on any atom is -0.295 e. The van der Waals surface area contributed by atoms with Gasteiger partial charge in [-0.15, -0.1) is 0 Å². The number of aryl methyl sites for hydroxylation is 1. The zero-order chi connectivity index (χ0) is 13.6. The third-order valence-electron chi connectivity index (χ3n) is 4.05. The molecule has 1 aromatic carbocycles. The van der Waals surface area contributed by atoms with E-state index in [1.54, 1.807) is 0 Å². The van der Waals surface area contributed by atoms with Crippen LogP contribution < -0.4 is 0 Å². The van der Waals surface area contributed by atoms with Gasteiger partial charge in [0.2, 0.25) is 0 Å². The molecule has 0 bridgehead atoms. The number of hydrogen-bond donors (Lipinski definition) is 0. The van der Waals surface area contributed by atoms with Crippen LogP contribution in [0.15, 0.2) is 40.3 Å². The molecule has 1 aliphatic carbocycles. The number of allylic oxidation sites excluding steroid dienone is 1. The van der Waals surface area contributed by atoms with E-state index in [1.807, 2.05) is 42.4 Å². The third kappa shape index (κ3) is 2.19. The van der Waals surface area contributed by atoms with Crippen molar-refractivity contribution in [1.29, 1.82) is 0 Å². The van der Waals surface area contributed by atoms with E-state index in [0.29, 0.717) is 18.9 Å². The molecule has 0 spiro atoms. The lowest BCUT2D eigenvalue weighted by molar-refractivity contribution is -0.115. The van der Waals surface area contributed by atoms with Gasteiger partial charge in [-0.25, -0.2) is 8.51 Å². The van der Waals surface area contributed by atoms with Crippen molar-refractivity contribution < 1.29 is 9.00 Å². The summed E-state index contributed by atoms with van der Waals surface area (Å²) in [5.74, 6) is 0.558. The van der Waals surface area contributed by atoms with Gasteiger partial charge in [-0.05, 0) is 37.1 Å². The van der Waals surface area contributed by atoms with Gasteiger partial charge in [0.15, 0.2) is 5.78 Å². The van der Waals surface area contributed by atoms with Crippen LogP contribution in [-0.4, -0.2) is 27.4 Å². The molecule has 1 fully saturated rings. The van der Waals surface area contributed by atoms with Crippen molar-refractivity contribution in [2.75, 3.05) is 13.1 Å². The molecule has 0 saturated carbocycles. The maximum atomic E-state index is 12.5. The van der Waals surface area contributed by atoms with Crippen LogP contribution in [-0.2, 0) is 15.8 Å². The van der Waals surface area contributed by atoms with Crippen molar-refractivity contribution in [2.24, 2.45) is 5.92 Å². The first kappa shape index (κ1) is 12.8. The highest BCUT2D eigenvalue weighted by molar-refractivity contribution is 7.82. The van der Waals surface area contributed by atoms with E-state index >= 15 is 0 Å². The fourth-order valence-electron chi connectivity index (χ4n) is 2.84. The van der Waals surface area contributed by atoms with Crippen molar-refractivity contribution >= 4 is 16.8 Å². The molecule has 3 nitrogen and oxygen atoms in total. The quantitative estimate of drug-likeness (QED) is 0.830. The second-order valence-electron chi connectivity index (χ2n) is 5.36. The third-order valence-corrected chi connectivity index (χ3v) is 5.47. The van der Waals surface area contributed by atoms with Gasteiger partial charge in [-0.2, -0.15) is 0 Å². The van der Waals surface area contributed by atoms with Gasteiger partial charge in [-0.1, -0.05) is 17.7 Å². The molecule has 1 aliphatic heterocycles. The number of carbonyl (C=O) groups is 1. The number of carbonyl (C=O) groups excluding carboxylic acids is 1. The lowest BCUT2D eigenvalue weighted by Crippen LogP contribution is -2.24. The van der Waals surface area contributed by atoms with Crippen LogP contribution in [0.1, 0.15) is 18.9 Å². The normalized spacial score (nSPS) is 24.9. The molecule has 0 radical (unpaired) electrons. The summed E-state index contributed by atoms with van der Waals surface area (Å²) in [5.41, 5.74) is 3.27. The standard InChI is InChI=1S/C15H17NO2S/c1-10-3-5-13(6-4-10)19(18)16-8-12-7-15(17)11(2)14(12)9-16/h3-6,12H,7-9H2,1-2H3/t12-,19?/m1/s1. The summed E-state index contributed by atoms with van der Waals surface area (Å²) in [6.07, 6.45) is 0.600. The first-order valence-electron chi connectivity index (χ1n) is 6.52. The van der Waals surface area contributed by atoms with Gasteiger partial charge in [0.05, 0.1) is 4.90 Å². The number of fused-ring (bicyclic) bond motifs is 1. The Balaban J connectivity index is 1.81. The lowest BCUT2D eigenvalue weighted by Gasteiger charge is -2.15. The summed E-state index contributed by atoms with van der Waals surface area (Å²) in [7, 11) is -1.11. The molecule has 1 unspecified atom stereocenters. The van der Waals surface area contributed by atoms with Crippen LogP contribution in [0.5, 0.6) is 0 Å². The first-order chi connectivity index (χ1) is 9.06. The van der Waals surface area contributed by atoms with Crippen LogP contribution in [0.2, 0.25) is 0 Å². The van der Waals surface area contributed by atoms with Gasteiger partial charge in [-0.3, -0.25) is 4.79 Å². The monoisotopic (exact) mass is 275 g/mol. The largest absolute Gasteiger partial charge is 0.295 e. The first-order valence-corrected chi connectivity index (χ1v) is 7.63. The van der Waals surface area contributed by atoms with Crippen molar-refractivity contribution in [3.8, 4) is 0 Å². The van der Waals surface area contributed by atoms with Gasteiger partial charge in [0, 0.05) is 25.4 Å². The summed E-state index contributed by atoms with van der Waals surface area (Å²) >= 11 is 0. The predicted molar refractivity (Wildman–Crippen MR) is 75.0 cm³/mol. The van der Waals surface area contributed by atoms with Crippen LogP contribution in [0.4, 0.5) is 0 Å². The molecule has 0 N–H and O–H groups in total. The second kappa shape index (κ2) is 4.69. The van der Waals surface area contributed by atoms with Crippen molar-refractivity contribution in [2.45, 2.75) is 25.2 Å².